The van der Waals surface area contributed by atoms with E-state index in [1.807, 2.05) is 19.0 Å². The quantitative estimate of drug-likeness (QED) is 0.311. The van der Waals surface area contributed by atoms with E-state index in [0.717, 1.165) is 12.1 Å². The van der Waals surface area contributed by atoms with Gasteiger partial charge in [-0.2, -0.15) is 4.36 Å². The molecular formula is C28H27Cl2N3O7S. The fourth-order valence-electron chi connectivity index (χ4n) is 3.61. The summed E-state index contributed by atoms with van der Waals surface area (Å²) < 4.78 is 20.8. The lowest BCUT2D eigenvalue weighted by Crippen LogP contribution is -2.22. The summed E-state index contributed by atoms with van der Waals surface area (Å²) in [5.41, 5.74) is 0.236. The zero-order valence-electron chi connectivity index (χ0n) is 22.6. The number of anilines is 1. The van der Waals surface area contributed by atoms with Crippen molar-refractivity contribution in [3.05, 3.63) is 86.9 Å². The number of nitrogens with one attached hydrogen (secondary N) is 1. The number of hydrogen-bond acceptors (Lipinski definition) is 7. The predicted molar refractivity (Wildman–Crippen MR) is 159 cm³/mol. The topological polar surface area (TPSA) is 142 Å². The van der Waals surface area contributed by atoms with Crippen LogP contribution in [-0.4, -0.2) is 77.7 Å². The Labute approximate surface area is 247 Å². The number of benzene rings is 3. The number of carbonyl (C=O) groups excluding carboxylic acids is 3. The second kappa shape index (κ2) is 13.3. The Bertz CT molecular complexity index is 1660. The van der Waals surface area contributed by atoms with E-state index < -0.39 is 39.0 Å². The molecule has 0 aliphatic heterocycles. The maximum absolute atomic E-state index is 13.4. The highest BCUT2D eigenvalue weighted by molar-refractivity contribution is 7.92. The van der Waals surface area contributed by atoms with Gasteiger partial charge in [0.25, 0.3) is 11.8 Å². The highest BCUT2D eigenvalue weighted by Crippen LogP contribution is 2.33. The number of nitrogens with zero attached hydrogens (tertiary/aromatic N) is 2. The second-order valence-electron chi connectivity index (χ2n) is 9.42. The van der Waals surface area contributed by atoms with Gasteiger partial charge in [-0.3, -0.25) is 9.59 Å². The second-order valence-corrected chi connectivity index (χ2v) is 12.8. The number of carboxylic acid groups (broad SMARTS) is 1. The fourth-order valence-corrected chi connectivity index (χ4v) is 4.63. The molecule has 0 fully saturated rings. The molecule has 0 aliphatic rings. The standard InChI is InChI=1S/C28H27Cl2N3O7S/c1-33(2)11-12-40-28(38)21-9-5-16(19-10-7-18(29)15-23(19)30)14-24(21)31-26(35)20-8-6-17(13-22(20)27(36)37)25(34)32-41(3,4)39/h5-10,13-15H,11-12H2,1-4H3,(H,31,35)(H,36,37). The number of hydrogen-bond donors (Lipinski definition) is 2. The van der Waals surface area contributed by atoms with Crippen LogP contribution in [0.2, 0.25) is 10.0 Å². The number of aromatic carboxylic acids is 1. The number of ether oxygens (including phenoxy) is 1. The summed E-state index contributed by atoms with van der Waals surface area (Å²) in [6.45, 7) is 0.561. The summed E-state index contributed by atoms with van der Waals surface area (Å²) in [4.78, 5) is 52.5. The van der Waals surface area contributed by atoms with E-state index in [4.69, 9.17) is 27.9 Å². The van der Waals surface area contributed by atoms with E-state index in [2.05, 4.69) is 9.68 Å². The average Bonchev–Trinajstić information content (AvgIpc) is 2.87. The van der Waals surface area contributed by atoms with Gasteiger partial charge in [-0.15, -0.1) is 0 Å². The smallest absolute Gasteiger partial charge is 0.340 e. The molecule has 2 amide bonds. The molecule has 10 nitrogen and oxygen atoms in total. The van der Waals surface area contributed by atoms with E-state index in [1.165, 1.54) is 30.7 Å². The maximum Gasteiger partial charge on any atom is 0.340 e. The van der Waals surface area contributed by atoms with Crippen molar-refractivity contribution in [3.63, 3.8) is 0 Å². The van der Waals surface area contributed by atoms with Crippen molar-refractivity contribution in [2.45, 2.75) is 0 Å². The van der Waals surface area contributed by atoms with Crippen LogP contribution in [0.15, 0.2) is 59.0 Å². The number of halogens is 2. The first-order valence-electron chi connectivity index (χ1n) is 12.0. The van der Waals surface area contributed by atoms with Crippen LogP contribution in [0.3, 0.4) is 0 Å². The Morgan fingerprint density at radius 2 is 1.63 bits per heavy atom. The van der Waals surface area contributed by atoms with Gasteiger partial charge in [-0.25, -0.2) is 13.8 Å². The molecule has 0 heterocycles. The Morgan fingerprint density at radius 3 is 2.24 bits per heavy atom. The first-order chi connectivity index (χ1) is 19.2. The average molecular weight is 621 g/mol. The molecule has 13 heteroatoms. The van der Waals surface area contributed by atoms with Gasteiger partial charge in [0.2, 0.25) is 0 Å². The van der Waals surface area contributed by atoms with E-state index in [1.54, 1.807) is 24.3 Å². The minimum absolute atomic E-state index is 0.0223. The van der Waals surface area contributed by atoms with Crippen molar-refractivity contribution in [3.8, 4) is 11.1 Å². The van der Waals surface area contributed by atoms with Crippen molar-refractivity contribution in [2.75, 3.05) is 45.1 Å². The molecule has 0 saturated heterocycles. The van der Waals surface area contributed by atoms with Crippen LogP contribution in [0.4, 0.5) is 5.69 Å². The van der Waals surface area contributed by atoms with E-state index >= 15 is 0 Å². The minimum atomic E-state index is -2.79. The highest BCUT2D eigenvalue weighted by Gasteiger charge is 2.23. The largest absolute Gasteiger partial charge is 0.478 e. The molecular weight excluding hydrogens is 593 g/mol. The third kappa shape index (κ3) is 8.61. The van der Waals surface area contributed by atoms with Crippen LogP contribution in [0.25, 0.3) is 11.1 Å². The minimum Gasteiger partial charge on any atom is -0.478 e. The number of carboxylic acids is 1. The normalized spacial score (nSPS) is 11.2. The lowest BCUT2D eigenvalue weighted by atomic mass is 10.0. The lowest BCUT2D eigenvalue weighted by Gasteiger charge is -2.15. The molecule has 3 aromatic rings. The molecule has 2 N–H and O–H groups in total. The first kappa shape index (κ1) is 31.8. The molecule has 0 atom stereocenters. The SMILES string of the molecule is CN(C)CCOC(=O)c1ccc(-c2ccc(Cl)cc2Cl)cc1NC(=O)c1ccc(C(=O)N=S(C)(C)=O)cc1C(=O)O. The van der Waals surface area contributed by atoms with Gasteiger partial charge in [0.05, 0.1) is 22.4 Å². The molecule has 0 aliphatic carbocycles. The Kier molecular flexibility index (Phi) is 10.3. The maximum atomic E-state index is 13.4. The summed E-state index contributed by atoms with van der Waals surface area (Å²) in [6, 6.07) is 12.8. The van der Waals surface area contributed by atoms with Crippen molar-refractivity contribution < 1.29 is 33.2 Å². The zero-order chi connectivity index (χ0) is 30.5. The van der Waals surface area contributed by atoms with Crippen LogP contribution in [0.5, 0.6) is 0 Å². The van der Waals surface area contributed by atoms with Crippen molar-refractivity contribution >= 4 is 62.4 Å². The lowest BCUT2D eigenvalue weighted by molar-refractivity contribution is 0.0482. The van der Waals surface area contributed by atoms with Crippen molar-refractivity contribution in [1.29, 1.82) is 0 Å². The molecule has 0 unspecified atom stereocenters. The number of likely N-dealkylation sites (N-methyl/N-ethyl adjacent to an activating group) is 1. The van der Waals surface area contributed by atoms with Crippen LogP contribution in [0.1, 0.15) is 41.4 Å². The number of amides is 2. The van der Waals surface area contributed by atoms with Crippen LogP contribution in [0, 0.1) is 0 Å². The third-order valence-corrected chi connectivity index (χ3v) is 6.70. The van der Waals surface area contributed by atoms with Crippen LogP contribution in [-0.2, 0) is 14.5 Å². The Morgan fingerprint density at radius 1 is 0.951 bits per heavy atom. The van der Waals surface area contributed by atoms with E-state index in [9.17, 15) is 28.5 Å². The molecule has 0 bridgehead atoms. The number of esters is 1. The van der Waals surface area contributed by atoms with Crippen LogP contribution >= 0.6 is 23.2 Å². The van der Waals surface area contributed by atoms with Gasteiger partial charge < -0.3 is 20.1 Å². The summed E-state index contributed by atoms with van der Waals surface area (Å²) in [7, 11) is 0.845. The summed E-state index contributed by atoms with van der Waals surface area (Å²) in [5, 5.41) is 13.1. The third-order valence-electron chi connectivity index (χ3n) is 5.55. The molecule has 216 valence electrons. The predicted octanol–water partition coefficient (Wildman–Crippen LogP) is 5.20. The molecule has 0 saturated carbocycles. The number of rotatable bonds is 9. The van der Waals surface area contributed by atoms with Crippen LogP contribution < -0.4 is 5.32 Å². The zero-order valence-corrected chi connectivity index (χ0v) is 24.9. The summed E-state index contributed by atoms with van der Waals surface area (Å²) in [6.07, 6.45) is 2.53. The van der Waals surface area contributed by atoms with Gasteiger partial charge >= 0.3 is 11.9 Å². The Balaban J connectivity index is 2.05. The van der Waals surface area contributed by atoms with Gasteiger partial charge in [-0.1, -0.05) is 35.3 Å². The summed E-state index contributed by atoms with van der Waals surface area (Å²) >= 11 is 12.4. The Hall–Kier alpha value is -3.77. The molecule has 3 aromatic carbocycles. The molecule has 0 spiro atoms. The fraction of sp³-hybridized carbons (Fsp3) is 0.214. The van der Waals surface area contributed by atoms with Crippen molar-refractivity contribution in [1.82, 2.24) is 4.90 Å². The van der Waals surface area contributed by atoms with E-state index in [0.29, 0.717) is 27.7 Å². The molecule has 0 aromatic heterocycles. The highest BCUT2D eigenvalue weighted by atomic mass is 35.5. The van der Waals surface area contributed by atoms with Gasteiger partial charge in [0.15, 0.2) is 0 Å². The number of carbonyl (C=O) groups is 4. The van der Waals surface area contributed by atoms with Gasteiger partial charge in [0.1, 0.15) is 6.61 Å². The molecule has 41 heavy (non-hydrogen) atoms. The first-order valence-corrected chi connectivity index (χ1v) is 15.1. The molecule has 3 rings (SSSR count). The monoisotopic (exact) mass is 619 g/mol. The summed E-state index contributed by atoms with van der Waals surface area (Å²) in [5.74, 6) is -3.94. The van der Waals surface area contributed by atoms with Crippen molar-refractivity contribution in [2.24, 2.45) is 4.36 Å². The van der Waals surface area contributed by atoms with Gasteiger partial charge in [-0.05, 0) is 62.1 Å². The van der Waals surface area contributed by atoms with E-state index in [-0.39, 0.29) is 29.0 Å². The molecule has 0 radical (unpaired) electrons. The van der Waals surface area contributed by atoms with Gasteiger partial charge in [0, 0.05) is 50.0 Å².